The number of amides is 1. The fourth-order valence-electron chi connectivity index (χ4n) is 3.53. The molecule has 25 heavy (non-hydrogen) atoms. The Kier molecular flexibility index (Phi) is 4.03. The van der Waals surface area contributed by atoms with Crippen molar-refractivity contribution in [2.75, 3.05) is 0 Å². The van der Waals surface area contributed by atoms with Gasteiger partial charge < -0.3 is 5.32 Å². The zero-order valence-electron chi connectivity index (χ0n) is 14.7. The zero-order chi connectivity index (χ0) is 17.6. The van der Waals surface area contributed by atoms with Crippen LogP contribution in [0.5, 0.6) is 0 Å². The summed E-state index contributed by atoms with van der Waals surface area (Å²) < 4.78 is 1.89. The number of hydrogen-bond acceptors (Lipinski definition) is 5. The molecule has 0 spiro atoms. The topological polar surface area (TPSA) is 72.2 Å². The minimum atomic E-state index is -0.0264. The highest BCUT2D eigenvalue weighted by molar-refractivity contribution is 7.10. The molecule has 1 N–H and O–H groups in total. The van der Waals surface area contributed by atoms with E-state index in [4.69, 9.17) is 0 Å². The van der Waals surface area contributed by atoms with Crippen molar-refractivity contribution in [2.45, 2.75) is 46.6 Å². The van der Waals surface area contributed by atoms with E-state index in [0.29, 0.717) is 24.1 Å². The molecule has 3 aromatic rings. The fourth-order valence-corrected chi connectivity index (χ4v) is 4.78. The summed E-state index contributed by atoms with van der Waals surface area (Å²) in [7, 11) is 0. The van der Waals surface area contributed by atoms with Gasteiger partial charge in [-0.1, -0.05) is 6.92 Å². The van der Waals surface area contributed by atoms with Gasteiger partial charge in [-0.3, -0.25) is 9.20 Å². The average Bonchev–Trinajstić information content (AvgIpc) is 3.16. The molecule has 0 bridgehead atoms. The van der Waals surface area contributed by atoms with E-state index in [0.717, 1.165) is 36.2 Å². The lowest BCUT2D eigenvalue weighted by atomic mass is 9.88. The summed E-state index contributed by atoms with van der Waals surface area (Å²) >= 11 is 1.71. The Morgan fingerprint density at radius 1 is 1.40 bits per heavy atom. The number of nitrogens with zero attached hydrogens (tertiary/aromatic N) is 4. The maximum absolute atomic E-state index is 12.7. The van der Waals surface area contributed by atoms with E-state index in [1.807, 2.05) is 29.7 Å². The van der Waals surface area contributed by atoms with Gasteiger partial charge in [0.1, 0.15) is 0 Å². The second-order valence-electron chi connectivity index (χ2n) is 6.87. The smallest absolute Gasteiger partial charge is 0.255 e. The molecule has 1 aliphatic rings. The first kappa shape index (κ1) is 16.2. The van der Waals surface area contributed by atoms with E-state index in [1.165, 1.54) is 10.4 Å². The van der Waals surface area contributed by atoms with Crippen molar-refractivity contribution in [3.8, 4) is 0 Å². The minimum absolute atomic E-state index is 0.0264. The van der Waals surface area contributed by atoms with Crippen LogP contribution in [-0.2, 0) is 19.4 Å². The Labute approximate surface area is 150 Å². The normalized spacial score (nSPS) is 16.8. The molecule has 1 unspecified atom stereocenters. The van der Waals surface area contributed by atoms with Gasteiger partial charge in [-0.05, 0) is 50.7 Å². The Morgan fingerprint density at radius 2 is 2.24 bits per heavy atom. The van der Waals surface area contributed by atoms with Gasteiger partial charge in [-0.25, -0.2) is 4.98 Å². The van der Waals surface area contributed by atoms with Crippen LogP contribution < -0.4 is 5.32 Å². The molecule has 0 radical (unpaired) electrons. The molecule has 6 nitrogen and oxygen atoms in total. The summed E-state index contributed by atoms with van der Waals surface area (Å²) in [5, 5.41) is 13.3. The molecule has 1 atom stereocenters. The van der Waals surface area contributed by atoms with Crippen LogP contribution in [0.4, 0.5) is 0 Å². The number of carbonyl (C=O) groups is 1. The van der Waals surface area contributed by atoms with Crippen LogP contribution in [0.3, 0.4) is 0 Å². The van der Waals surface area contributed by atoms with Gasteiger partial charge in [0.25, 0.3) is 11.7 Å². The Bertz CT molecular complexity index is 958. The van der Waals surface area contributed by atoms with Crippen molar-refractivity contribution >= 4 is 23.0 Å². The van der Waals surface area contributed by atoms with Gasteiger partial charge in [-0.2, -0.15) is 0 Å². The third-order valence-electron chi connectivity index (χ3n) is 4.81. The number of aryl methyl sites for hydroxylation is 2. The summed E-state index contributed by atoms with van der Waals surface area (Å²) in [6.45, 7) is 6.54. The lowest BCUT2D eigenvalue weighted by Gasteiger charge is -2.18. The number of hydrogen-bond donors (Lipinski definition) is 1. The first-order valence-electron chi connectivity index (χ1n) is 8.58. The quantitative estimate of drug-likeness (QED) is 0.784. The Balaban J connectivity index is 1.54. The molecule has 0 aliphatic heterocycles. The number of aromatic nitrogens is 4. The van der Waals surface area contributed by atoms with Gasteiger partial charge in [0, 0.05) is 21.6 Å². The predicted molar refractivity (Wildman–Crippen MR) is 96.9 cm³/mol. The highest BCUT2D eigenvalue weighted by Crippen LogP contribution is 2.32. The van der Waals surface area contributed by atoms with Crippen LogP contribution in [0.1, 0.15) is 51.4 Å². The first-order valence-corrected chi connectivity index (χ1v) is 9.46. The van der Waals surface area contributed by atoms with Gasteiger partial charge in [-0.15, -0.1) is 21.5 Å². The Hall–Kier alpha value is -2.28. The highest BCUT2D eigenvalue weighted by Gasteiger charge is 2.23. The standard InChI is InChI=1S/C18H21N5OS/c1-10-4-5-13-14(9-25-15(13)6-10)17(24)19-8-16-21-22-18-20-11(2)7-12(3)23(16)18/h7,9-10H,4-6,8H2,1-3H3,(H,19,24). The van der Waals surface area contributed by atoms with E-state index in [-0.39, 0.29) is 5.91 Å². The molecule has 0 fully saturated rings. The van der Waals surface area contributed by atoms with Crippen LogP contribution in [0.15, 0.2) is 11.4 Å². The maximum Gasteiger partial charge on any atom is 0.255 e. The summed E-state index contributed by atoms with van der Waals surface area (Å²) in [6, 6.07) is 1.98. The molecule has 0 aromatic carbocycles. The van der Waals surface area contributed by atoms with Crippen molar-refractivity contribution in [1.29, 1.82) is 0 Å². The van der Waals surface area contributed by atoms with E-state index in [9.17, 15) is 4.79 Å². The number of thiophene rings is 1. The molecular formula is C18H21N5OS. The molecule has 7 heteroatoms. The monoisotopic (exact) mass is 355 g/mol. The molecule has 3 aromatic heterocycles. The van der Waals surface area contributed by atoms with Gasteiger partial charge in [0.2, 0.25) is 0 Å². The van der Waals surface area contributed by atoms with Crippen molar-refractivity contribution in [3.05, 3.63) is 44.7 Å². The SMILES string of the molecule is Cc1cc(C)n2c(CNC(=O)c3csc4c3CCC(C)C4)nnc2n1. The van der Waals surface area contributed by atoms with Gasteiger partial charge in [0.15, 0.2) is 5.82 Å². The molecular weight excluding hydrogens is 334 g/mol. The van der Waals surface area contributed by atoms with E-state index >= 15 is 0 Å². The van der Waals surface area contributed by atoms with Gasteiger partial charge >= 0.3 is 0 Å². The second kappa shape index (κ2) is 6.22. The summed E-state index contributed by atoms with van der Waals surface area (Å²) in [5.74, 6) is 1.96. The zero-order valence-corrected chi connectivity index (χ0v) is 15.5. The van der Waals surface area contributed by atoms with Crippen LogP contribution in [0, 0.1) is 19.8 Å². The summed E-state index contributed by atoms with van der Waals surface area (Å²) in [4.78, 5) is 18.4. The van der Waals surface area contributed by atoms with Crippen molar-refractivity contribution in [2.24, 2.45) is 5.92 Å². The van der Waals surface area contributed by atoms with Crippen LogP contribution in [-0.4, -0.2) is 25.5 Å². The molecule has 0 saturated heterocycles. The number of fused-ring (bicyclic) bond motifs is 2. The molecule has 1 aliphatic carbocycles. The molecule has 1 amide bonds. The second-order valence-corrected chi connectivity index (χ2v) is 7.84. The minimum Gasteiger partial charge on any atom is -0.345 e. The first-order chi connectivity index (χ1) is 12.0. The van der Waals surface area contributed by atoms with E-state index in [2.05, 4.69) is 27.4 Å². The molecule has 3 heterocycles. The van der Waals surface area contributed by atoms with Crippen LogP contribution in [0.2, 0.25) is 0 Å². The van der Waals surface area contributed by atoms with Gasteiger partial charge in [0.05, 0.1) is 12.1 Å². The highest BCUT2D eigenvalue weighted by atomic mass is 32.1. The number of nitrogens with one attached hydrogen (secondary N) is 1. The lowest BCUT2D eigenvalue weighted by Crippen LogP contribution is -2.25. The number of carbonyl (C=O) groups excluding carboxylic acids is 1. The largest absolute Gasteiger partial charge is 0.345 e. The lowest BCUT2D eigenvalue weighted by molar-refractivity contribution is 0.0949. The molecule has 130 valence electrons. The fraction of sp³-hybridized carbons (Fsp3) is 0.444. The summed E-state index contributed by atoms with van der Waals surface area (Å²) in [5.41, 5.74) is 3.98. The molecule has 0 saturated carbocycles. The average molecular weight is 355 g/mol. The number of rotatable bonds is 3. The van der Waals surface area contributed by atoms with Crippen LogP contribution in [0.25, 0.3) is 5.78 Å². The van der Waals surface area contributed by atoms with E-state index < -0.39 is 0 Å². The van der Waals surface area contributed by atoms with Crippen molar-refractivity contribution < 1.29 is 4.79 Å². The van der Waals surface area contributed by atoms with E-state index in [1.54, 1.807) is 11.3 Å². The van der Waals surface area contributed by atoms with Crippen molar-refractivity contribution in [3.63, 3.8) is 0 Å². The predicted octanol–water partition coefficient (Wildman–Crippen LogP) is 2.86. The molecule has 4 rings (SSSR count). The third-order valence-corrected chi connectivity index (χ3v) is 5.86. The van der Waals surface area contributed by atoms with Crippen LogP contribution >= 0.6 is 11.3 Å². The van der Waals surface area contributed by atoms with Crippen molar-refractivity contribution in [1.82, 2.24) is 24.9 Å². The summed E-state index contributed by atoms with van der Waals surface area (Å²) in [6.07, 6.45) is 3.24. The third kappa shape index (κ3) is 2.93. The Morgan fingerprint density at radius 3 is 3.08 bits per heavy atom. The maximum atomic E-state index is 12.7.